The molecule has 10 aromatic rings. The molecule has 3 N–H and O–H groups in total. The Labute approximate surface area is 399 Å². The SMILES string of the molecule is CCC(CC)C(=O)/C=C(\O)C(CC)CC.[Ir].[c-]1c2c(cc3ccccc13)Nc1c3ccccc3cc3ccnc-2c13.[c-]1c2c(cc3ccccc13)Nc1c3ccccc3cc3ccnc-2c13. The molecule has 0 unspecified atom stereocenters. The number of ketones is 1. The molecule has 1 radical (unpaired) electrons. The maximum atomic E-state index is 11.7. The zero-order valence-electron chi connectivity index (χ0n) is 37.5. The summed E-state index contributed by atoms with van der Waals surface area (Å²) in [7, 11) is 0. The Balaban J connectivity index is 0.000000129. The number of benzene rings is 8. The number of pyridine rings is 2. The van der Waals surface area contributed by atoms with Gasteiger partial charge >= 0.3 is 0 Å². The molecule has 329 valence electrons. The van der Waals surface area contributed by atoms with Gasteiger partial charge in [-0.25, -0.2) is 0 Å². The Kier molecular flexibility index (Phi) is 12.7. The summed E-state index contributed by atoms with van der Waals surface area (Å²) < 4.78 is 0. The molecule has 66 heavy (non-hydrogen) atoms. The predicted molar refractivity (Wildman–Crippen MR) is 272 cm³/mol. The van der Waals surface area contributed by atoms with Crippen molar-refractivity contribution in [2.45, 2.75) is 53.4 Å². The first-order chi connectivity index (χ1) is 31.9. The average molecular weight is 1040 g/mol. The second-order valence-electron chi connectivity index (χ2n) is 17.0. The van der Waals surface area contributed by atoms with Crippen LogP contribution in [0.5, 0.6) is 0 Å². The molecular formula is C59H50IrN4O2-2. The van der Waals surface area contributed by atoms with Gasteiger partial charge in [-0.1, -0.05) is 147 Å². The van der Waals surface area contributed by atoms with Gasteiger partial charge in [0.25, 0.3) is 0 Å². The first-order valence-electron chi connectivity index (χ1n) is 22.9. The number of rotatable bonds is 7. The Morgan fingerprint density at radius 1 is 0.545 bits per heavy atom. The van der Waals surface area contributed by atoms with Crippen LogP contribution in [0.3, 0.4) is 0 Å². The number of aliphatic hydroxyl groups is 1. The van der Waals surface area contributed by atoms with Gasteiger partial charge < -0.3 is 15.7 Å². The smallest absolute Gasteiger partial charge is 0.162 e. The van der Waals surface area contributed by atoms with Gasteiger partial charge in [0.2, 0.25) is 0 Å². The third-order valence-electron chi connectivity index (χ3n) is 13.2. The van der Waals surface area contributed by atoms with E-state index in [1.807, 2.05) is 40.1 Å². The van der Waals surface area contributed by atoms with E-state index < -0.39 is 0 Å². The summed E-state index contributed by atoms with van der Waals surface area (Å²) >= 11 is 0. The molecule has 7 heteroatoms. The molecule has 0 bridgehead atoms. The largest absolute Gasteiger partial charge is 0.512 e. The summed E-state index contributed by atoms with van der Waals surface area (Å²) in [5.41, 5.74) is 8.56. The molecule has 8 aromatic carbocycles. The van der Waals surface area contributed by atoms with Gasteiger partial charge in [0, 0.05) is 83.9 Å². The van der Waals surface area contributed by atoms with Crippen molar-refractivity contribution in [3.05, 3.63) is 170 Å². The Hall–Kier alpha value is -6.92. The van der Waals surface area contributed by atoms with Crippen LogP contribution in [0.4, 0.5) is 22.7 Å². The van der Waals surface area contributed by atoms with E-state index in [1.165, 1.54) is 59.9 Å². The van der Waals surface area contributed by atoms with Gasteiger partial charge in [0.05, 0.1) is 5.76 Å². The van der Waals surface area contributed by atoms with Crippen molar-refractivity contribution in [1.82, 2.24) is 9.97 Å². The molecule has 0 amide bonds. The number of anilines is 4. The van der Waals surface area contributed by atoms with Crippen LogP contribution in [-0.2, 0) is 24.9 Å². The van der Waals surface area contributed by atoms with Crippen molar-refractivity contribution in [1.29, 1.82) is 0 Å². The maximum absolute atomic E-state index is 11.7. The Bertz CT molecular complexity index is 3290. The monoisotopic (exact) mass is 1040 g/mol. The molecule has 0 saturated heterocycles. The minimum absolute atomic E-state index is 0. The minimum Gasteiger partial charge on any atom is -0.512 e. The molecule has 0 atom stereocenters. The van der Waals surface area contributed by atoms with E-state index in [0.29, 0.717) is 0 Å². The van der Waals surface area contributed by atoms with Crippen LogP contribution < -0.4 is 10.6 Å². The molecule has 0 fully saturated rings. The standard InChI is InChI=1S/2C23H13N2.C13H24O2.Ir/c2*1-2-6-15-13-20-19(12-14(15)5-1)22-21-17(9-10-24-22)11-16-7-3-4-8-18(16)23(21)25-20;1-5-10(6-2)12(14)9-13(15)11(7-3)8-4;/h2*1-11,13,25H;9-11,14H,5-8H2,1-4H3;/q2*-1;;/b;;12-9-;. The van der Waals surface area contributed by atoms with Crippen LogP contribution in [0.2, 0.25) is 0 Å². The van der Waals surface area contributed by atoms with Gasteiger partial charge in [0.15, 0.2) is 5.78 Å². The summed E-state index contributed by atoms with van der Waals surface area (Å²) in [5.74, 6) is 0.547. The number of carbonyl (C=O) groups is 1. The van der Waals surface area contributed by atoms with E-state index in [0.717, 1.165) is 81.7 Å². The Morgan fingerprint density at radius 3 is 1.39 bits per heavy atom. The van der Waals surface area contributed by atoms with Crippen molar-refractivity contribution in [2.24, 2.45) is 11.8 Å². The second kappa shape index (κ2) is 18.9. The third-order valence-corrected chi connectivity index (χ3v) is 13.2. The van der Waals surface area contributed by atoms with E-state index in [1.54, 1.807) is 0 Å². The molecule has 2 aliphatic rings. The number of aliphatic hydroxyl groups excluding tert-OH is 1. The van der Waals surface area contributed by atoms with Crippen molar-refractivity contribution >= 4 is 93.2 Å². The first-order valence-corrected chi connectivity index (χ1v) is 22.9. The maximum Gasteiger partial charge on any atom is 0.162 e. The number of carbonyl (C=O) groups excluding carboxylic acids is 1. The van der Waals surface area contributed by atoms with Gasteiger partial charge in [-0.05, 0) is 93.6 Å². The molecule has 12 rings (SSSR count). The zero-order chi connectivity index (χ0) is 44.6. The van der Waals surface area contributed by atoms with Crippen LogP contribution >= 0.6 is 0 Å². The van der Waals surface area contributed by atoms with E-state index in [4.69, 9.17) is 9.97 Å². The predicted octanol–water partition coefficient (Wildman–Crippen LogP) is 16.0. The number of fused-ring (bicyclic) bond motifs is 10. The molecule has 0 aliphatic carbocycles. The summed E-state index contributed by atoms with van der Waals surface area (Å²) in [6, 6.07) is 53.9. The Morgan fingerprint density at radius 2 is 0.955 bits per heavy atom. The molecule has 6 nitrogen and oxygen atoms in total. The fourth-order valence-electron chi connectivity index (χ4n) is 9.62. The van der Waals surface area contributed by atoms with Crippen LogP contribution in [0.25, 0.3) is 87.1 Å². The summed E-state index contributed by atoms with van der Waals surface area (Å²) in [5, 5.41) is 31.4. The van der Waals surface area contributed by atoms with Crippen LogP contribution in [-0.4, -0.2) is 20.9 Å². The van der Waals surface area contributed by atoms with Gasteiger partial charge in [-0.3, -0.25) is 14.8 Å². The fraction of sp³-hybridized carbons (Fsp3) is 0.169. The summed E-state index contributed by atoms with van der Waals surface area (Å²) in [4.78, 5) is 21.2. The topological polar surface area (TPSA) is 87.1 Å². The number of allylic oxidation sites excluding steroid dienone is 2. The van der Waals surface area contributed by atoms with Crippen LogP contribution in [0, 0.1) is 24.0 Å². The number of nitrogens with zero attached hydrogens (tertiary/aromatic N) is 2. The molecular weight excluding hydrogens is 989 g/mol. The van der Waals surface area contributed by atoms with E-state index >= 15 is 0 Å². The van der Waals surface area contributed by atoms with Gasteiger partial charge in [-0.15, -0.1) is 35.0 Å². The number of hydrogen-bond acceptors (Lipinski definition) is 6. The van der Waals surface area contributed by atoms with E-state index in [9.17, 15) is 9.90 Å². The number of nitrogens with one attached hydrogen (secondary N) is 2. The molecule has 2 aliphatic heterocycles. The molecule has 0 spiro atoms. The minimum atomic E-state index is 0. The summed E-state index contributed by atoms with van der Waals surface area (Å²) in [6.45, 7) is 8.07. The summed E-state index contributed by atoms with van der Waals surface area (Å²) in [6.07, 6.45) is 8.70. The molecule has 2 aromatic heterocycles. The van der Waals surface area contributed by atoms with Crippen molar-refractivity contribution in [3.63, 3.8) is 0 Å². The number of aromatic nitrogens is 2. The van der Waals surface area contributed by atoms with Crippen molar-refractivity contribution in [3.8, 4) is 22.5 Å². The first kappa shape index (κ1) is 44.3. The third kappa shape index (κ3) is 8.08. The average Bonchev–Trinajstić information content (AvgIpc) is 3.34. The fourth-order valence-corrected chi connectivity index (χ4v) is 9.62. The van der Waals surface area contributed by atoms with Crippen molar-refractivity contribution in [2.75, 3.05) is 10.6 Å². The van der Waals surface area contributed by atoms with E-state index in [2.05, 4.69) is 156 Å². The normalized spacial score (nSPS) is 12.2. The van der Waals surface area contributed by atoms with Gasteiger partial charge in [0.1, 0.15) is 0 Å². The van der Waals surface area contributed by atoms with E-state index in [-0.39, 0.29) is 43.5 Å². The number of hydrogen-bond donors (Lipinski definition) is 3. The second-order valence-corrected chi connectivity index (χ2v) is 17.0. The molecule has 4 heterocycles. The molecule has 0 saturated carbocycles. The zero-order valence-corrected chi connectivity index (χ0v) is 39.9. The van der Waals surface area contributed by atoms with Crippen molar-refractivity contribution < 1.29 is 30.0 Å². The van der Waals surface area contributed by atoms with Crippen LogP contribution in [0.15, 0.2) is 158 Å². The quantitative estimate of drug-likeness (QED) is 0.0638. The van der Waals surface area contributed by atoms with Gasteiger partial charge in [-0.2, -0.15) is 0 Å². The van der Waals surface area contributed by atoms with Crippen LogP contribution in [0.1, 0.15) is 53.4 Å².